The largest absolute Gasteiger partial charge is 0.543 e. The van der Waals surface area contributed by atoms with Crippen LogP contribution in [0.15, 0.2) is 103 Å². The van der Waals surface area contributed by atoms with Gasteiger partial charge in [0.15, 0.2) is 0 Å². The zero-order chi connectivity index (χ0) is 18.7. The van der Waals surface area contributed by atoms with Gasteiger partial charge in [-0.15, -0.1) is 0 Å². The molecule has 0 radical (unpaired) electrons. The van der Waals surface area contributed by atoms with Gasteiger partial charge in [-0.05, 0) is 47.1 Å². The van der Waals surface area contributed by atoms with Gasteiger partial charge >= 0.3 is 0 Å². The van der Waals surface area contributed by atoms with Crippen LogP contribution in [0, 0.1) is 0 Å². The third-order valence-electron chi connectivity index (χ3n) is 5.09. The molecule has 0 heterocycles. The number of hydrogen-bond donors (Lipinski definition) is 0. The second kappa shape index (κ2) is 7.41. The molecule has 0 bridgehead atoms. The molecule has 0 fully saturated rings. The molecular formula is C25H24OSi. The lowest BCUT2D eigenvalue weighted by molar-refractivity contribution is 0.537. The molecule has 4 aromatic rings. The number of rotatable bonds is 5. The Morgan fingerprint density at radius 1 is 0.630 bits per heavy atom. The predicted molar refractivity (Wildman–Crippen MR) is 117 cm³/mol. The molecule has 0 spiro atoms. The van der Waals surface area contributed by atoms with Crippen molar-refractivity contribution in [2.75, 3.05) is 0 Å². The molecule has 0 aliphatic heterocycles. The molecule has 2 heteroatoms. The molecule has 0 aliphatic rings. The van der Waals surface area contributed by atoms with Gasteiger partial charge in [0.1, 0.15) is 5.75 Å². The van der Waals surface area contributed by atoms with Crippen LogP contribution in [-0.4, -0.2) is 8.32 Å². The molecule has 0 N–H and O–H groups in total. The summed E-state index contributed by atoms with van der Waals surface area (Å²) in [6, 6.07) is 36.3. The van der Waals surface area contributed by atoms with Gasteiger partial charge in [0.25, 0.3) is 8.32 Å². The van der Waals surface area contributed by atoms with Gasteiger partial charge in [0, 0.05) is 5.54 Å². The van der Waals surface area contributed by atoms with Crippen LogP contribution in [0.2, 0.25) is 13.1 Å². The van der Waals surface area contributed by atoms with Crippen molar-refractivity contribution in [3.05, 3.63) is 114 Å². The normalized spacial score (nSPS) is 12.7. The summed E-state index contributed by atoms with van der Waals surface area (Å²) in [7, 11) is -2.17. The van der Waals surface area contributed by atoms with Crippen LogP contribution in [0.1, 0.15) is 16.7 Å². The van der Waals surface area contributed by atoms with E-state index in [9.17, 15) is 0 Å². The van der Waals surface area contributed by atoms with E-state index in [1.165, 1.54) is 21.9 Å². The van der Waals surface area contributed by atoms with E-state index in [1.54, 1.807) is 0 Å². The summed E-state index contributed by atoms with van der Waals surface area (Å²) in [6.07, 6.45) is 0. The second-order valence-corrected chi connectivity index (χ2v) is 11.4. The molecule has 134 valence electrons. The lowest BCUT2D eigenvalue weighted by Gasteiger charge is -2.34. The number of benzene rings is 4. The van der Waals surface area contributed by atoms with Gasteiger partial charge in [-0.1, -0.05) is 91.0 Å². The van der Waals surface area contributed by atoms with E-state index in [-0.39, 0.29) is 5.54 Å². The van der Waals surface area contributed by atoms with Crippen LogP contribution < -0.4 is 4.43 Å². The van der Waals surface area contributed by atoms with E-state index >= 15 is 0 Å². The Hall–Kier alpha value is -2.84. The maximum absolute atomic E-state index is 6.66. The summed E-state index contributed by atoms with van der Waals surface area (Å²) in [5.74, 6) is 0.954. The lowest BCUT2D eigenvalue weighted by atomic mass is 9.98. The van der Waals surface area contributed by atoms with Gasteiger partial charge in [-0.3, -0.25) is 0 Å². The lowest BCUT2D eigenvalue weighted by Crippen LogP contribution is -2.42. The Labute approximate surface area is 162 Å². The molecule has 1 atom stereocenters. The monoisotopic (exact) mass is 368 g/mol. The van der Waals surface area contributed by atoms with E-state index in [1.807, 2.05) is 18.2 Å². The highest BCUT2D eigenvalue weighted by Crippen LogP contribution is 2.38. The summed E-state index contributed by atoms with van der Waals surface area (Å²) in [6.45, 7) is 4.64. The fraction of sp³-hybridized carbons (Fsp3) is 0.120. The summed E-state index contributed by atoms with van der Waals surface area (Å²) in [5, 5.41) is 2.59. The smallest absolute Gasteiger partial charge is 0.256 e. The highest BCUT2D eigenvalue weighted by Gasteiger charge is 2.38. The first-order chi connectivity index (χ1) is 13.1. The first kappa shape index (κ1) is 17.6. The molecule has 4 rings (SSSR count). The Kier molecular flexibility index (Phi) is 4.82. The quantitative estimate of drug-likeness (QED) is 0.352. The highest BCUT2D eigenvalue weighted by molar-refractivity contribution is 6.74. The average molecular weight is 369 g/mol. The minimum Gasteiger partial charge on any atom is -0.543 e. The van der Waals surface area contributed by atoms with Gasteiger partial charge in [0.05, 0.1) is 0 Å². The third-order valence-corrected chi connectivity index (χ3v) is 7.88. The SMILES string of the molecule is C[Si](C)(Oc1ccccc1)C(c1ccccc1)c1cccc2ccccc12. The molecule has 0 amide bonds. The van der Waals surface area contributed by atoms with E-state index in [0.29, 0.717) is 0 Å². The zero-order valence-corrected chi connectivity index (χ0v) is 16.8. The summed E-state index contributed by atoms with van der Waals surface area (Å²) in [5.41, 5.74) is 2.92. The van der Waals surface area contributed by atoms with Crippen molar-refractivity contribution < 1.29 is 4.43 Å². The van der Waals surface area contributed by atoms with Crippen molar-refractivity contribution in [2.45, 2.75) is 18.6 Å². The van der Waals surface area contributed by atoms with Crippen LogP contribution >= 0.6 is 0 Å². The van der Waals surface area contributed by atoms with E-state index in [2.05, 4.69) is 98.0 Å². The second-order valence-electron chi connectivity index (χ2n) is 7.43. The average Bonchev–Trinajstić information content (AvgIpc) is 2.69. The van der Waals surface area contributed by atoms with E-state index < -0.39 is 8.32 Å². The molecular weight excluding hydrogens is 344 g/mol. The summed E-state index contributed by atoms with van der Waals surface area (Å²) >= 11 is 0. The Morgan fingerprint density at radius 3 is 1.96 bits per heavy atom. The first-order valence-corrected chi connectivity index (χ1v) is 12.4. The van der Waals surface area contributed by atoms with Crippen LogP contribution in [0.5, 0.6) is 5.75 Å². The van der Waals surface area contributed by atoms with Gasteiger partial charge in [-0.25, -0.2) is 0 Å². The Bertz CT molecular complexity index is 1020. The van der Waals surface area contributed by atoms with E-state index in [4.69, 9.17) is 4.43 Å². The van der Waals surface area contributed by atoms with Gasteiger partial charge in [-0.2, -0.15) is 0 Å². The topological polar surface area (TPSA) is 9.23 Å². The van der Waals surface area contributed by atoms with Crippen molar-refractivity contribution >= 4 is 19.1 Å². The number of hydrogen-bond acceptors (Lipinski definition) is 1. The van der Waals surface area contributed by atoms with E-state index in [0.717, 1.165) is 5.75 Å². The maximum Gasteiger partial charge on any atom is 0.256 e. The van der Waals surface area contributed by atoms with Gasteiger partial charge < -0.3 is 4.43 Å². The molecule has 0 aromatic heterocycles. The molecule has 4 aromatic carbocycles. The fourth-order valence-corrected chi connectivity index (χ4v) is 6.81. The number of fused-ring (bicyclic) bond motifs is 1. The fourth-order valence-electron chi connectivity index (χ4n) is 3.95. The number of para-hydroxylation sites is 1. The van der Waals surface area contributed by atoms with Crippen molar-refractivity contribution in [1.82, 2.24) is 0 Å². The molecule has 0 aliphatic carbocycles. The Balaban J connectivity index is 1.87. The van der Waals surface area contributed by atoms with Crippen LogP contribution in [0.25, 0.3) is 10.8 Å². The van der Waals surface area contributed by atoms with Crippen LogP contribution in [-0.2, 0) is 0 Å². The minimum absolute atomic E-state index is 0.241. The van der Waals surface area contributed by atoms with Crippen molar-refractivity contribution in [2.24, 2.45) is 0 Å². The third kappa shape index (κ3) is 3.67. The first-order valence-electron chi connectivity index (χ1n) is 9.42. The van der Waals surface area contributed by atoms with Gasteiger partial charge in [0.2, 0.25) is 0 Å². The van der Waals surface area contributed by atoms with Crippen molar-refractivity contribution in [3.63, 3.8) is 0 Å². The minimum atomic E-state index is -2.17. The van der Waals surface area contributed by atoms with Crippen LogP contribution in [0.4, 0.5) is 0 Å². The maximum atomic E-state index is 6.66. The van der Waals surface area contributed by atoms with Crippen molar-refractivity contribution in [1.29, 1.82) is 0 Å². The molecule has 1 unspecified atom stereocenters. The zero-order valence-electron chi connectivity index (χ0n) is 15.8. The molecule has 27 heavy (non-hydrogen) atoms. The molecule has 1 nitrogen and oxygen atoms in total. The highest BCUT2D eigenvalue weighted by atomic mass is 28.4. The molecule has 0 saturated carbocycles. The molecule has 0 saturated heterocycles. The summed E-state index contributed by atoms with van der Waals surface area (Å²) in [4.78, 5) is 0. The summed E-state index contributed by atoms with van der Waals surface area (Å²) < 4.78 is 6.66. The Morgan fingerprint density at radius 2 is 1.22 bits per heavy atom. The predicted octanol–water partition coefficient (Wildman–Crippen LogP) is 6.80. The van der Waals surface area contributed by atoms with Crippen LogP contribution in [0.3, 0.4) is 0 Å². The van der Waals surface area contributed by atoms with Crippen molar-refractivity contribution in [3.8, 4) is 5.75 Å². The standard InChI is InChI=1S/C25H24OSi/c1-27(2,26-22-16-7-4-8-17-22)25(21-13-5-3-6-14-21)24-19-11-15-20-12-9-10-18-23(20)24/h3-19,25H,1-2H3.